The van der Waals surface area contributed by atoms with E-state index in [0.29, 0.717) is 5.92 Å². The predicted octanol–water partition coefficient (Wildman–Crippen LogP) is 9.75. The van der Waals surface area contributed by atoms with Gasteiger partial charge in [0.2, 0.25) is 0 Å². The van der Waals surface area contributed by atoms with Gasteiger partial charge in [0.1, 0.15) is 23.0 Å². The molecule has 0 aliphatic heterocycles. The summed E-state index contributed by atoms with van der Waals surface area (Å²) in [6, 6.07) is 34.7. The van der Waals surface area contributed by atoms with Crippen LogP contribution in [0.5, 0.6) is 23.0 Å². The Morgan fingerprint density at radius 3 is 1.42 bits per heavy atom. The molecule has 4 fully saturated rings. The second-order valence-corrected chi connectivity index (χ2v) is 12.2. The molecule has 0 amide bonds. The first-order chi connectivity index (χ1) is 18.5. The van der Waals surface area contributed by atoms with Crippen LogP contribution in [0.2, 0.25) is 0 Å². The molecule has 4 saturated carbocycles. The molecule has 0 spiro atoms. The zero-order chi connectivity index (χ0) is 25.7. The lowest BCUT2D eigenvalue weighted by atomic mass is 9.42. The standard InChI is InChI=1S/C36H36O2/c1-24-3-11-31(12-4-24)37-33-15-7-28(8-16-33)35-29-20-26-19-27(21-29)23-36(35,22-26)30-9-17-34(18-10-30)38-32-13-5-25(2)6-14-32/h3-18,26-27,29,35H,19-23H2,1-2H3. The summed E-state index contributed by atoms with van der Waals surface area (Å²) in [6.45, 7) is 4.20. The van der Waals surface area contributed by atoms with Crippen LogP contribution in [0.25, 0.3) is 0 Å². The van der Waals surface area contributed by atoms with Gasteiger partial charge in [-0.3, -0.25) is 0 Å². The quantitative estimate of drug-likeness (QED) is 0.262. The second kappa shape index (κ2) is 9.34. The van der Waals surface area contributed by atoms with Crippen LogP contribution < -0.4 is 9.47 Å². The van der Waals surface area contributed by atoms with Gasteiger partial charge in [-0.05, 0) is 129 Å². The van der Waals surface area contributed by atoms with E-state index >= 15 is 0 Å². The highest BCUT2D eigenvalue weighted by molar-refractivity contribution is 5.44. The van der Waals surface area contributed by atoms with Gasteiger partial charge < -0.3 is 9.47 Å². The van der Waals surface area contributed by atoms with Crippen LogP contribution >= 0.6 is 0 Å². The van der Waals surface area contributed by atoms with Crippen LogP contribution in [0.4, 0.5) is 0 Å². The van der Waals surface area contributed by atoms with Gasteiger partial charge in [-0.2, -0.15) is 0 Å². The van der Waals surface area contributed by atoms with E-state index in [9.17, 15) is 0 Å². The van der Waals surface area contributed by atoms with Crippen molar-refractivity contribution in [2.24, 2.45) is 17.8 Å². The third-order valence-electron chi connectivity index (χ3n) is 9.49. The summed E-state index contributed by atoms with van der Waals surface area (Å²) < 4.78 is 12.3. The molecule has 4 aliphatic rings. The Hall–Kier alpha value is -3.52. The average molecular weight is 501 g/mol. The summed E-state index contributed by atoms with van der Waals surface area (Å²) in [5, 5.41) is 0. The van der Waals surface area contributed by atoms with Crippen LogP contribution in [0, 0.1) is 31.6 Å². The Kier molecular flexibility index (Phi) is 5.80. The summed E-state index contributed by atoms with van der Waals surface area (Å²) >= 11 is 0. The minimum absolute atomic E-state index is 0.219. The predicted molar refractivity (Wildman–Crippen MR) is 153 cm³/mol. The van der Waals surface area contributed by atoms with Crippen molar-refractivity contribution in [3.8, 4) is 23.0 Å². The molecule has 3 unspecified atom stereocenters. The summed E-state index contributed by atoms with van der Waals surface area (Å²) in [7, 11) is 0. The Balaban J connectivity index is 1.17. The van der Waals surface area contributed by atoms with E-state index in [4.69, 9.17) is 9.47 Å². The Labute approximate surface area is 226 Å². The molecule has 0 aromatic heterocycles. The highest BCUT2D eigenvalue weighted by Gasteiger charge is 2.57. The van der Waals surface area contributed by atoms with Gasteiger partial charge in [-0.1, -0.05) is 59.7 Å². The second-order valence-electron chi connectivity index (χ2n) is 12.2. The van der Waals surface area contributed by atoms with Crippen molar-refractivity contribution in [2.45, 2.75) is 57.3 Å². The largest absolute Gasteiger partial charge is 0.457 e. The van der Waals surface area contributed by atoms with E-state index in [0.717, 1.165) is 40.8 Å². The van der Waals surface area contributed by atoms with Crippen LogP contribution in [0.1, 0.15) is 60.3 Å². The lowest BCUT2D eigenvalue weighted by molar-refractivity contribution is -0.0280. The molecule has 2 heteroatoms. The molecule has 192 valence electrons. The van der Waals surface area contributed by atoms with Gasteiger partial charge in [0.25, 0.3) is 0 Å². The fourth-order valence-corrected chi connectivity index (χ4v) is 8.13. The fraction of sp³-hybridized carbons (Fsp3) is 0.333. The minimum Gasteiger partial charge on any atom is -0.457 e. The number of aryl methyl sites for hydroxylation is 2. The molecule has 38 heavy (non-hydrogen) atoms. The van der Waals surface area contributed by atoms with Crippen LogP contribution in [-0.2, 0) is 5.41 Å². The molecule has 0 saturated heterocycles. The molecule has 4 aromatic carbocycles. The molecule has 2 nitrogen and oxygen atoms in total. The molecule has 8 rings (SSSR count). The van der Waals surface area contributed by atoms with Gasteiger partial charge in [0.05, 0.1) is 0 Å². The summed E-state index contributed by atoms with van der Waals surface area (Å²) in [5.41, 5.74) is 5.68. The van der Waals surface area contributed by atoms with Crippen LogP contribution in [-0.4, -0.2) is 0 Å². The molecule has 0 heterocycles. The van der Waals surface area contributed by atoms with Gasteiger partial charge in [0, 0.05) is 5.41 Å². The highest BCUT2D eigenvalue weighted by atomic mass is 16.5. The van der Waals surface area contributed by atoms with E-state index in [1.807, 2.05) is 24.3 Å². The third kappa shape index (κ3) is 4.30. The smallest absolute Gasteiger partial charge is 0.127 e. The van der Waals surface area contributed by atoms with Gasteiger partial charge in [-0.15, -0.1) is 0 Å². The topological polar surface area (TPSA) is 18.5 Å². The van der Waals surface area contributed by atoms with Crippen molar-refractivity contribution in [2.75, 3.05) is 0 Å². The molecular weight excluding hydrogens is 464 g/mol. The normalized spacial score (nSPS) is 27.3. The number of ether oxygens (including phenoxy) is 2. The maximum Gasteiger partial charge on any atom is 0.127 e. The van der Waals surface area contributed by atoms with Crippen molar-refractivity contribution < 1.29 is 9.47 Å². The SMILES string of the molecule is Cc1ccc(Oc2ccc(C3C4CC5CC(C4)CC3(c3ccc(Oc4ccc(C)cc4)cc3)C5)cc2)cc1. The Bertz CT molecular complexity index is 1390. The molecule has 4 aliphatic carbocycles. The molecule has 4 aromatic rings. The molecular formula is C36H36O2. The number of hydrogen-bond donors (Lipinski definition) is 0. The van der Waals surface area contributed by atoms with E-state index in [1.54, 1.807) is 0 Å². The highest BCUT2D eigenvalue weighted by Crippen LogP contribution is 2.66. The first-order valence-electron chi connectivity index (χ1n) is 14.2. The van der Waals surface area contributed by atoms with E-state index in [1.165, 1.54) is 54.4 Å². The number of rotatable bonds is 6. The maximum atomic E-state index is 6.17. The summed E-state index contributed by atoms with van der Waals surface area (Å²) in [6.07, 6.45) is 6.83. The maximum absolute atomic E-state index is 6.17. The van der Waals surface area contributed by atoms with E-state index < -0.39 is 0 Å². The average Bonchev–Trinajstić information content (AvgIpc) is 2.92. The Morgan fingerprint density at radius 1 is 0.526 bits per heavy atom. The first-order valence-corrected chi connectivity index (χ1v) is 14.2. The lowest BCUT2D eigenvalue weighted by Gasteiger charge is -2.62. The number of hydrogen-bond acceptors (Lipinski definition) is 2. The van der Waals surface area contributed by atoms with Gasteiger partial charge in [-0.25, -0.2) is 0 Å². The zero-order valence-electron chi connectivity index (χ0n) is 22.4. The lowest BCUT2D eigenvalue weighted by Crippen LogP contribution is -2.53. The van der Waals surface area contributed by atoms with Crippen molar-refractivity contribution in [3.05, 3.63) is 119 Å². The monoisotopic (exact) mass is 500 g/mol. The number of benzene rings is 4. The molecule has 4 bridgehead atoms. The van der Waals surface area contributed by atoms with E-state index in [-0.39, 0.29) is 5.41 Å². The van der Waals surface area contributed by atoms with Crippen molar-refractivity contribution in [1.82, 2.24) is 0 Å². The zero-order valence-corrected chi connectivity index (χ0v) is 22.4. The van der Waals surface area contributed by atoms with Crippen LogP contribution in [0.3, 0.4) is 0 Å². The summed E-state index contributed by atoms with van der Waals surface area (Å²) in [4.78, 5) is 0. The first kappa shape index (κ1) is 23.6. The molecule has 0 N–H and O–H groups in total. The third-order valence-corrected chi connectivity index (χ3v) is 9.49. The molecule has 3 atom stereocenters. The Morgan fingerprint density at radius 2 is 0.947 bits per heavy atom. The van der Waals surface area contributed by atoms with Crippen LogP contribution in [0.15, 0.2) is 97.1 Å². The van der Waals surface area contributed by atoms with Crippen molar-refractivity contribution in [1.29, 1.82) is 0 Å². The van der Waals surface area contributed by atoms with Gasteiger partial charge in [0.15, 0.2) is 0 Å². The fourth-order valence-electron chi connectivity index (χ4n) is 8.13. The summed E-state index contributed by atoms with van der Waals surface area (Å²) in [5.74, 6) is 6.69. The van der Waals surface area contributed by atoms with Gasteiger partial charge >= 0.3 is 0 Å². The van der Waals surface area contributed by atoms with E-state index in [2.05, 4.69) is 86.6 Å². The van der Waals surface area contributed by atoms with Crippen molar-refractivity contribution in [3.63, 3.8) is 0 Å². The minimum atomic E-state index is 0.219. The molecule has 0 radical (unpaired) electrons. The van der Waals surface area contributed by atoms with Crippen molar-refractivity contribution >= 4 is 0 Å².